The molecule has 0 aliphatic rings. The Morgan fingerprint density at radius 3 is 2.50 bits per heavy atom. The Morgan fingerprint density at radius 2 is 1.83 bits per heavy atom. The fourth-order valence-corrected chi connectivity index (χ4v) is 2.54. The van der Waals surface area contributed by atoms with Crippen molar-refractivity contribution < 1.29 is 19.1 Å². The Morgan fingerprint density at radius 1 is 1.08 bits per heavy atom. The maximum atomic E-state index is 12.4. The van der Waals surface area contributed by atoms with E-state index in [1.807, 2.05) is 13.0 Å². The molecule has 0 radical (unpaired) electrons. The van der Waals surface area contributed by atoms with Crippen LogP contribution in [0.5, 0.6) is 5.75 Å². The lowest BCUT2D eigenvalue weighted by molar-refractivity contribution is 0.0526. The number of amides is 1. The van der Waals surface area contributed by atoms with Crippen LogP contribution in [0.4, 0.5) is 5.69 Å². The second kappa shape index (κ2) is 8.49. The highest BCUT2D eigenvalue weighted by molar-refractivity contribution is 9.10. The summed E-state index contributed by atoms with van der Waals surface area (Å²) >= 11 is 3.35. The third-order valence-corrected chi connectivity index (χ3v) is 3.85. The average Bonchev–Trinajstić information content (AvgIpc) is 2.57. The largest absolute Gasteiger partial charge is 0.492 e. The summed E-state index contributed by atoms with van der Waals surface area (Å²) in [5, 5.41) is 2.80. The molecule has 1 amide bonds. The molecule has 126 valence electrons. The molecule has 0 unspecified atom stereocenters. The maximum absolute atomic E-state index is 12.4. The average molecular weight is 392 g/mol. The van der Waals surface area contributed by atoms with Gasteiger partial charge in [-0.15, -0.1) is 0 Å². The summed E-state index contributed by atoms with van der Waals surface area (Å²) in [7, 11) is 0. The summed E-state index contributed by atoms with van der Waals surface area (Å²) in [5.74, 6) is -0.280. The van der Waals surface area contributed by atoms with Gasteiger partial charge in [-0.1, -0.05) is 12.1 Å². The summed E-state index contributed by atoms with van der Waals surface area (Å²) in [4.78, 5) is 24.3. The van der Waals surface area contributed by atoms with Crippen molar-refractivity contribution in [1.82, 2.24) is 0 Å². The van der Waals surface area contributed by atoms with E-state index in [1.165, 1.54) is 0 Å². The number of carbonyl (C=O) groups is 2. The van der Waals surface area contributed by atoms with Crippen LogP contribution in [0.2, 0.25) is 0 Å². The van der Waals surface area contributed by atoms with Gasteiger partial charge in [0.25, 0.3) is 5.91 Å². The van der Waals surface area contributed by atoms with E-state index < -0.39 is 5.97 Å². The highest BCUT2D eigenvalue weighted by Gasteiger charge is 2.15. The SMILES string of the molecule is CCOC(=O)c1ccc(NC(=O)c2ccccc2Br)c(OCC)c1. The van der Waals surface area contributed by atoms with Crippen LogP contribution in [0.15, 0.2) is 46.9 Å². The van der Waals surface area contributed by atoms with Crippen LogP contribution in [0, 0.1) is 0 Å². The van der Waals surface area contributed by atoms with Gasteiger partial charge in [0.1, 0.15) is 5.75 Å². The summed E-state index contributed by atoms with van der Waals surface area (Å²) in [6.07, 6.45) is 0. The monoisotopic (exact) mass is 391 g/mol. The molecule has 0 bridgehead atoms. The summed E-state index contributed by atoms with van der Waals surface area (Å²) in [6.45, 7) is 4.28. The number of rotatable bonds is 6. The molecule has 0 aliphatic carbocycles. The van der Waals surface area contributed by atoms with Gasteiger partial charge in [0.05, 0.1) is 30.0 Å². The molecule has 2 rings (SSSR count). The van der Waals surface area contributed by atoms with Crippen molar-refractivity contribution in [2.75, 3.05) is 18.5 Å². The standard InChI is InChI=1S/C18H18BrNO4/c1-3-23-16-11-12(18(22)24-4-2)9-10-15(16)20-17(21)13-7-5-6-8-14(13)19/h5-11H,3-4H2,1-2H3,(H,20,21). The minimum absolute atomic E-state index is 0.271. The fourth-order valence-electron chi connectivity index (χ4n) is 2.08. The zero-order valence-corrected chi connectivity index (χ0v) is 15.1. The van der Waals surface area contributed by atoms with E-state index in [9.17, 15) is 9.59 Å². The Labute approximate surface area is 149 Å². The van der Waals surface area contributed by atoms with E-state index in [1.54, 1.807) is 43.3 Å². The van der Waals surface area contributed by atoms with E-state index in [0.717, 1.165) is 0 Å². The Hall–Kier alpha value is -2.34. The minimum Gasteiger partial charge on any atom is -0.492 e. The van der Waals surface area contributed by atoms with Gasteiger partial charge in [0.15, 0.2) is 0 Å². The Bertz CT molecular complexity index is 746. The third kappa shape index (κ3) is 4.35. The van der Waals surface area contributed by atoms with Crippen LogP contribution in [-0.2, 0) is 4.74 Å². The molecule has 0 aromatic heterocycles. The van der Waals surface area contributed by atoms with Crippen LogP contribution >= 0.6 is 15.9 Å². The lowest BCUT2D eigenvalue weighted by Crippen LogP contribution is -2.14. The van der Waals surface area contributed by atoms with Gasteiger partial charge < -0.3 is 14.8 Å². The van der Waals surface area contributed by atoms with Crippen LogP contribution in [0.25, 0.3) is 0 Å². The quantitative estimate of drug-likeness (QED) is 0.746. The van der Waals surface area contributed by atoms with Gasteiger partial charge in [0.2, 0.25) is 0 Å². The molecule has 2 aromatic rings. The van der Waals surface area contributed by atoms with Crippen molar-refractivity contribution in [3.05, 3.63) is 58.1 Å². The van der Waals surface area contributed by atoms with E-state index in [4.69, 9.17) is 9.47 Å². The summed E-state index contributed by atoms with van der Waals surface area (Å²) in [5.41, 5.74) is 1.37. The molecule has 2 aromatic carbocycles. The molecule has 0 fully saturated rings. The van der Waals surface area contributed by atoms with Crippen LogP contribution in [0.3, 0.4) is 0 Å². The predicted molar refractivity (Wildman–Crippen MR) is 95.7 cm³/mol. The van der Waals surface area contributed by atoms with Crippen LogP contribution in [0.1, 0.15) is 34.6 Å². The van der Waals surface area contributed by atoms with E-state index in [0.29, 0.717) is 40.3 Å². The van der Waals surface area contributed by atoms with Crippen molar-refractivity contribution in [2.45, 2.75) is 13.8 Å². The van der Waals surface area contributed by atoms with Gasteiger partial charge in [-0.3, -0.25) is 4.79 Å². The lowest BCUT2D eigenvalue weighted by Gasteiger charge is -2.13. The highest BCUT2D eigenvalue weighted by Crippen LogP contribution is 2.28. The molecule has 0 spiro atoms. The smallest absolute Gasteiger partial charge is 0.338 e. The normalized spacial score (nSPS) is 10.1. The van der Waals surface area contributed by atoms with Gasteiger partial charge >= 0.3 is 5.97 Å². The zero-order valence-electron chi connectivity index (χ0n) is 13.5. The Kier molecular flexibility index (Phi) is 6.37. The number of hydrogen-bond donors (Lipinski definition) is 1. The first-order chi connectivity index (χ1) is 11.6. The molecule has 0 saturated carbocycles. The van der Waals surface area contributed by atoms with Gasteiger partial charge in [-0.25, -0.2) is 4.79 Å². The predicted octanol–water partition coefficient (Wildman–Crippen LogP) is 4.28. The van der Waals surface area contributed by atoms with Gasteiger partial charge in [-0.05, 0) is 60.1 Å². The summed E-state index contributed by atoms with van der Waals surface area (Å²) < 4.78 is 11.2. The molecule has 1 N–H and O–H groups in total. The summed E-state index contributed by atoms with van der Waals surface area (Å²) in [6, 6.07) is 11.9. The fraction of sp³-hybridized carbons (Fsp3) is 0.222. The molecular weight excluding hydrogens is 374 g/mol. The second-order valence-corrected chi connectivity index (χ2v) is 5.65. The number of hydrogen-bond acceptors (Lipinski definition) is 4. The second-order valence-electron chi connectivity index (χ2n) is 4.80. The topological polar surface area (TPSA) is 64.6 Å². The van der Waals surface area contributed by atoms with Crippen molar-refractivity contribution >= 4 is 33.5 Å². The molecule has 0 aliphatic heterocycles. The van der Waals surface area contributed by atoms with Crippen LogP contribution < -0.4 is 10.1 Å². The Balaban J connectivity index is 2.27. The van der Waals surface area contributed by atoms with Crippen molar-refractivity contribution in [2.24, 2.45) is 0 Å². The van der Waals surface area contributed by atoms with Crippen LogP contribution in [-0.4, -0.2) is 25.1 Å². The van der Waals surface area contributed by atoms with E-state index in [-0.39, 0.29) is 5.91 Å². The minimum atomic E-state index is -0.429. The number of benzene rings is 2. The van der Waals surface area contributed by atoms with Gasteiger partial charge in [0, 0.05) is 4.47 Å². The molecule has 6 heteroatoms. The first-order valence-electron chi connectivity index (χ1n) is 7.56. The number of esters is 1. The molecule has 0 heterocycles. The highest BCUT2D eigenvalue weighted by atomic mass is 79.9. The number of nitrogens with one attached hydrogen (secondary N) is 1. The number of ether oxygens (including phenoxy) is 2. The van der Waals surface area contributed by atoms with E-state index in [2.05, 4.69) is 21.2 Å². The molecule has 24 heavy (non-hydrogen) atoms. The number of anilines is 1. The maximum Gasteiger partial charge on any atom is 0.338 e. The molecular formula is C18H18BrNO4. The molecule has 5 nitrogen and oxygen atoms in total. The first-order valence-corrected chi connectivity index (χ1v) is 8.36. The van der Waals surface area contributed by atoms with Gasteiger partial charge in [-0.2, -0.15) is 0 Å². The number of halogens is 1. The van der Waals surface area contributed by atoms with E-state index >= 15 is 0 Å². The van der Waals surface area contributed by atoms with Crippen molar-refractivity contribution in [3.8, 4) is 5.75 Å². The zero-order chi connectivity index (χ0) is 17.5. The number of carbonyl (C=O) groups excluding carboxylic acids is 2. The molecule has 0 saturated heterocycles. The van der Waals surface area contributed by atoms with Crippen molar-refractivity contribution in [1.29, 1.82) is 0 Å². The lowest BCUT2D eigenvalue weighted by atomic mass is 10.1. The third-order valence-electron chi connectivity index (χ3n) is 3.16. The first kappa shape index (κ1) is 18.0. The van der Waals surface area contributed by atoms with Crippen molar-refractivity contribution in [3.63, 3.8) is 0 Å². The molecule has 0 atom stereocenters.